The Morgan fingerprint density at radius 3 is 3.04 bits per heavy atom. The summed E-state index contributed by atoms with van der Waals surface area (Å²) < 4.78 is 10.8. The monoisotopic (exact) mass is 352 g/mol. The van der Waals surface area contributed by atoms with Crippen LogP contribution in [0.2, 0.25) is 0 Å². The molecule has 2 heterocycles. The molecule has 0 aliphatic carbocycles. The van der Waals surface area contributed by atoms with Crippen LogP contribution >= 0.6 is 11.8 Å². The quantitative estimate of drug-likeness (QED) is 0.859. The van der Waals surface area contributed by atoms with Crippen LogP contribution in [0.4, 0.5) is 5.69 Å². The van der Waals surface area contributed by atoms with E-state index < -0.39 is 0 Å². The number of aliphatic imine (C=N–C) groups is 1. The van der Waals surface area contributed by atoms with E-state index in [1.165, 1.54) is 17.3 Å². The van der Waals surface area contributed by atoms with Gasteiger partial charge >= 0.3 is 0 Å². The van der Waals surface area contributed by atoms with Gasteiger partial charge in [0.15, 0.2) is 5.17 Å². The number of methoxy groups -OCH3 is 1. The van der Waals surface area contributed by atoms with Crippen molar-refractivity contribution < 1.29 is 14.3 Å². The molecule has 2 aliphatic rings. The van der Waals surface area contributed by atoms with Gasteiger partial charge < -0.3 is 14.8 Å². The molecule has 1 N–H and O–H groups in total. The molecule has 1 amide bonds. The molecule has 0 aromatic heterocycles. The highest BCUT2D eigenvalue weighted by atomic mass is 32.2. The van der Waals surface area contributed by atoms with E-state index in [9.17, 15) is 4.79 Å². The zero-order chi connectivity index (χ0) is 17.2. The SMILES string of the molecule is COc1ccccc1N=C1NC(=O)/C(=C\c2ccc3c(c2)CCO3)S1. The lowest BCUT2D eigenvalue weighted by Gasteiger charge is -2.03. The van der Waals surface area contributed by atoms with Crippen molar-refractivity contribution in [3.05, 3.63) is 58.5 Å². The fraction of sp³-hybridized carbons (Fsp3) is 0.158. The Balaban J connectivity index is 1.59. The fourth-order valence-corrected chi connectivity index (χ4v) is 3.59. The second kappa shape index (κ2) is 6.64. The first-order valence-electron chi connectivity index (χ1n) is 7.91. The molecule has 2 aromatic carbocycles. The van der Waals surface area contributed by atoms with Crippen molar-refractivity contribution in [3.8, 4) is 11.5 Å². The van der Waals surface area contributed by atoms with Gasteiger partial charge in [0.1, 0.15) is 17.2 Å². The maximum atomic E-state index is 12.2. The average Bonchev–Trinajstić information content (AvgIpc) is 3.22. The smallest absolute Gasteiger partial charge is 0.264 e. The van der Waals surface area contributed by atoms with Crippen LogP contribution in [0, 0.1) is 0 Å². The predicted octanol–water partition coefficient (Wildman–Crippen LogP) is 3.52. The molecule has 0 unspecified atom stereocenters. The van der Waals surface area contributed by atoms with Gasteiger partial charge in [-0.3, -0.25) is 4.79 Å². The summed E-state index contributed by atoms with van der Waals surface area (Å²) >= 11 is 1.32. The van der Waals surface area contributed by atoms with E-state index in [0.717, 1.165) is 24.3 Å². The van der Waals surface area contributed by atoms with Gasteiger partial charge in [0.2, 0.25) is 0 Å². The number of amidine groups is 1. The summed E-state index contributed by atoms with van der Waals surface area (Å²) in [7, 11) is 1.60. The third-order valence-corrected chi connectivity index (χ3v) is 4.88. The van der Waals surface area contributed by atoms with Gasteiger partial charge in [-0.05, 0) is 53.2 Å². The number of hydrogen-bond acceptors (Lipinski definition) is 5. The van der Waals surface area contributed by atoms with Crippen molar-refractivity contribution in [2.75, 3.05) is 13.7 Å². The molecular formula is C19H16N2O3S. The van der Waals surface area contributed by atoms with Crippen LogP contribution in [-0.2, 0) is 11.2 Å². The molecule has 5 nitrogen and oxygen atoms in total. The zero-order valence-corrected chi connectivity index (χ0v) is 14.4. The molecular weight excluding hydrogens is 336 g/mol. The third-order valence-electron chi connectivity index (χ3n) is 3.97. The highest BCUT2D eigenvalue weighted by Gasteiger charge is 2.24. The van der Waals surface area contributed by atoms with E-state index in [1.807, 2.05) is 42.5 Å². The Bertz CT molecular complexity index is 905. The lowest BCUT2D eigenvalue weighted by Crippen LogP contribution is -2.19. The lowest BCUT2D eigenvalue weighted by molar-refractivity contribution is -0.115. The number of para-hydroxylation sites is 2. The maximum absolute atomic E-state index is 12.2. The number of thioether (sulfide) groups is 1. The van der Waals surface area contributed by atoms with E-state index in [1.54, 1.807) is 7.11 Å². The molecule has 2 aromatic rings. The second-order valence-electron chi connectivity index (χ2n) is 5.62. The summed E-state index contributed by atoms with van der Waals surface area (Å²) in [6.07, 6.45) is 2.79. The Kier molecular flexibility index (Phi) is 4.19. The minimum absolute atomic E-state index is 0.143. The molecule has 0 radical (unpaired) electrons. The van der Waals surface area contributed by atoms with Crippen LogP contribution in [0.25, 0.3) is 6.08 Å². The summed E-state index contributed by atoms with van der Waals surface area (Å²) in [5, 5.41) is 3.35. The second-order valence-corrected chi connectivity index (χ2v) is 6.65. The first-order valence-corrected chi connectivity index (χ1v) is 8.73. The minimum Gasteiger partial charge on any atom is -0.494 e. The topological polar surface area (TPSA) is 59.9 Å². The number of ether oxygens (including phenoxy) is 2. The van der Waals surface area contributed by atoms with Crippen molar-refractivity contribution in [3.63, 3.8) is 0 Å². The summed E-state index contributed by atoms with van der Waals surface area (Å²) in [6, 6.07) is 13.4. The molecule has 126 valence electrons. The molecule has 0 spiro atoms. The third kappa shape index (κ3) is 3.25. The van der Waals surface area contributed by atoms with Crippen molar-refractivity contribution in [1.82, 2.24) is 5.32 Å². The van der Waals surface area contributed by atoms with Gasteiger partial charge in [-0.1, -0.05) is 18.2 Å². The number of carbonyl (C=O) groups excluding carboxylic acids is 1. The van der Waals surface area contributed by atoms with Crippen LogP contribution in [-0.4, -0.2) is 24.8 Å². The normalized spacial score (nSPS) is 19.0. The van der Waals surface area contributed by atoms with Gasteiger partial charge in [0.25, 0.3) is 5.91 Å². The Labute approximate surface area is 149 Å². The highest BCUT2D eigenvalue weighted by molar-refractivity contribution is 8.18. The van der Waals surface area contributed by atoms with Crippen LogP contribution in [0.1, 0.15) is 11.1 Å². The van der Waals surface area contributed by atoms with Crippen LogP contribution < -0.4 is 14.8 Å². The number of benzene rings is 2. The largest absolute Gasteiger partial charge is 0.494 e. The fourth-order valence-electron chi connectivity index (χ4n) is 2.76. The van der Waals surface area contributed by atoms with Crippen molar-refractivity contribution in [2.45, 2.75) is 6.42 Å². The van der Waals surface area contributed by atoms with E-state index >= 15 is 0 Å². The number of carbonyl (C=O) groups is 1. The Morgan fingerprint density at radius 2 is 2.16 bits per heavy atom. The first-order chi connectivity index (χ1) is 12.2. The minimum atomic E-state index is -0.143. The molecule has 0 bridgehead atoms. The van der Waals surface area contributed by atoms with Gasteiger partial charge in [0.05, 0.1) is 18.6 Å². The highest BCUT2D eigenvalue weighted by Crippen LogP contribution is 2.33. The zero-order valence-electron chi connectivity index (χ0n) is 13.6. The number of rotatable bonds is 3. The Morgan fingerprint density at radius 1 is 1.28 bits per heavy atom. The van der Waals surface area contributed by atoms with Gasteiger partial charge in [-0.2, -0.15) is 0 Å². The molecule has 25 heavy (non-hydrogen) atoms. The van der Waals surface area contributed by atoms with E-state index in [2.05, 4.69) is 16.4 Å². The van der Waals surface area contributed by atoms with Crippen molar-refractivity contribution in [2.24, 2.45) is 4.99 Å². The first kappa shape index (κ1) is 15.8. The lowest BCUT2D eigenvalue weighted by atomic mass is 10.1. The standard InChI is InChI=1S/C19H16N2O3S/c1-23-16-5-3-2-4-14(16)20-19-21-18(22)17(25-19)11-12-6-7-15-13(10-12)8-9-24-15/h2-7,10-11H,8-9H2,1H3,(H,20,21,22)/b17-11+. The van der Waals surface area contributed by atoms with Gasteiger partial charge in [-0.15, -0.1) is 0 Å². The number of nitrogens with one attached hydrogen (secondary N) is 1. The molecule has 1 saturated heterocycles. The van der Waals surface area contributed by atoms with Crippen LogP contribution in [0.15, 0.2) is 52.4 Å². The summed E-state index contributed by atoms with van der Waals surface area (Å²) in [5.74, 6) is 1.46. The van der Waals surface area contributed by atoms with E-state index in [-0.39, 0.29) is 5.91 Å². The molecule has 0 atom stereocenters. The van der Waals surface area contributed by atoms with Crippen molar-refractivity contribution >= 4 is 34.6 Å². The summed E-state index contributed by atoms with van der Waals surface area (Å²) in [6.45, 7) is 0.723. The van der Waals surface area contributed by atoms with Crippen LogP contribution in [0.5, 0.6) is 11.5 Å². The number of nitrogens with zero attached hydrogens (tertiary/aromatic N) is 1. The number of fused-ring (bicyclic) bond motifs is 1. The molecule has 4 rings (SSSR count). The molecule has 6 heteroatoms. The van der Waals surface area contributed by atoms with Gasteiger partial charge in [-0.25, -0.2) is 4.99 Å². The number of amides is 1. The average molecular weight is 352 g/mol. The van der Waals surface area contributed by atoms with E-state index in [4.69, 9.17) is 9.47 Å². The predicted molar refractivity (Wildman–Crippen MR) is 99.4 cm³/mol. The molecule has 0 saturated carbocycles. The maximum Gasteiger partial charge on any atom is 0.264 e. The molecule has 1 fully saturated rings. The van der Waals surface area contributed by atoms with Gasteiger partial charge in [0, 0.05) is 6.42 Å². The summed E-state index contributed by atoms with van der Waals surface area (Å²) in [4.78, 5) is 17.3. The molecule has 2 aliphatic heterocycles. The number of hydrogen-bond donors (Lipinski definition) is 1. The summed E-state index contributed by atoms with van der Waals surface area (Å²) in [5.41, 5.74) is 2.85. The van der Waals surface area contributed by atoms with Crippen molar-refractivity contribution in [1.29, 1.82) is 0 Å². The Hall–Kier alpha value is -2.73. The van der Waals surface area contributed by atoms with Crippen LogP contribution in [0.3, 0.4) is 0 Å². The van der Waals surface area contributed by atoms with E-state index in [0.29, 0.717) is 21.5 Å².